The summed E-state index contributed by atoms with van der Waals surface area (Å²) in [5.74, 6) is 0. The van der Waals surface area contributed by atoms with Crippen molar-refractivity contribution in [3.05, 3.63) is 63.2 Å². The van der Waals surface area contributed by atoms with Gasteiger partial charge in [0.2, 0.25) is 0 Å². The highest BCUT2D eigenvalue weighted by molar-refractivity contribution is 5.34. The zero-order valence-electron chi connectivity index (χ0n) is 10.4. The van der Waals surface area contributed by atoms with Gasteiger partial charge in [-0.1, -0.05) is 35.4 Å². The molecular weight excluding hydrogens is 214 g/mol. The first kappa shape index (κ1) is 13.2. The standard InChI is InChI=1S/C14H17NO2/c1-11(2)12(3)5-4-6-13-7-9-14(10-8-13)15(16)17/h4-5,7-10H,6H2,1-3H3/b5-4+. The maximum absolute atomic E-state index is 10.5. The van der Waals surface area contributed by atoms with Gasteiger partial charge < -0.3 is 0 Å². The maximum Gasteiger partial charge on any atom is 0.269 e. The van der Waals surface area contributed by atoms with E-state index in [-0.39, 0.29) is 10.6 Å². The number of nitro groups is 1. The molecule has 0 heterocycles. The van der Waals surface area contributed by atoms with E-state index >= 15 is 0 Å². The average molecular weight is 231 g/mol. The third-order valence-electron chi connectivity index (χ3n) is 2.66. The molecule has 0 fully saturated rings. The summed E-state index contributed by atoms with van der Waals surface area (Å²) < 4.78 is 0. The lowest BCUT2D eigenvalue weighted by Gasteiger charge is -1.97. The predicted octanol–water partition coefficient (Wildman–Crippen LogP) is 4.05. The highest BCUT2D eigenvalue weighted by Gasteiger charge is 2.02. The number of nitro benzene ring substituents is 1. The smallest absolute Gasteiger partial charge is 0.258 e. The van der Waals surface area contributed by atoms with Crippen LogP contribution in [-0.2, 0) is 6.42 Å². The molecule has 1 aromatic rings. The van der Waals surface area contributed by atoms with E-state index in [1.165, 1.54) is 23.3 Å². The van der Waals surface area contributed by atoms with Crippen LogP contribution in [0.5, 0.6) is 0 Å². The Bertz CT molecular complexity index is 452. The van der Waals surface area contributed by atoms with Gasteiger partial charge in [0, 0.05) is 12.1 Å². The van der Waals surface area contributed by atoms with Gasteiger partial charge in [-0.15, -0.1) is 0 Å². The van der Waals surface area contributed by atoms with Gasteiger partial charge in [-0.3, -0.25) is 10.1 Å². The van der Waals surface area contributed by atoms with Crippen molar-refractivity contribution >= 4 is 5.69 Å². The lowest BCUT2D eigenvalue weighted by molar-refractivity contribution is -0.384. The summed E-state index contributed by atoms with van der Waals surface area (Å²) >= 11 is 0. The molecule has 0 amide bonds. The summed E-state index contributed by atoms with van der Waals surface area (Å²) in [4.78, 5) is 10.1. The van der Waals surface area contributed by atoms with E-state index in [0.29, 0.717) is 0 Å². The summed E-state index contributed by atoms with van der Waals surface area (Å²) in [6.07, 6.45) is 4.95. The first-order chi connectivity index (χ1) is 8.00. The van der Waals surface area contributed by atoms with Crippen molar-refractivity contribution in [3.63, 3.8) is 0 Å². The molecule has 1 aromatic carbocycles. The first-order valence-electron chi connectivity index (χ1n) is 5.54. The van der Waals surface area contributed by atoms with Crippen LogP contribution < -0.4 is 0 Å². The molecule has 1 rings (SSSR count). The fourth-order valence-electron chi connectivity index (χ4n) is 1.29. The SMILES string of the molecule is CC(C)=C(C)/C=C/Cc1ccc([N+](=O)[O-])cc1. The number of rotatable bonds is 4. The summed E-state index contributed by atoms with van der Waals surface area (Å²) in [5, 5.41) is 10.5. The molecule has 0 aromatic heterocycles. The minimum absolute atomic E-state index is 0.137. The number of hydrogen-bond acceptors (Lipinski definition) is 2. The van der Waals surface area contributed by atoms with E-state index in [1.54, 1.807) is 12.1 Å². The minimum atomic E-state index is -0.382. The van der Waals surface area contributed by atoms with Crippen molar-refractivity contribution in [2.24, 2.45) is 0 Å². The summed E-state index contributed by atoms with van der Waals surface area (Å²) in [6.45, 7) is 6.22. The molecule has 0 N–H and O–H groups in total. The van der Waals surface area contributed by atoms with Crippen LogP contribution in [0.25, 0.3) is 0 Å². The Balaban J connectivity index is 2.65. The minimum Gasteiger partial charge on any atom is -0.258 e. The molecular formula is C14H17NO2. The molecule has 0 spiro atoms. The second-order valence-electron chi connectivity index (χ2n) is 4.21. The molecule has 3 heteroatoms. The fourth-order valence-corrected chi connectivity index (χ4v) is 1.29. The van der Waals surface area contributed by atoms with Crippen LogP contribution in [0.2, 0.25) is 0 Å². The molecule has 0 atom stereocenters. The Hall–Kier alpha value is -1.90. The van der Waals surface area contributed by atoms with Crippen LogP contribution >= 0.6 is 0 Å². The van der Waals surface area contributed by atoms with E-state index in [2.05, 4.69) is 32.9 Å². The summed E-state index contributed by atoms with van der Waals surface area (Å²) in [6, 6.07) is 6.66. The van der Waals surface area contributed by atoms with Crippen LogP contribution in [0.1, 0.15) is 26.3 Å². The quantitative estimate of drug-likeness (QED) is 0.445. The van der Waals surface area contributed by atoms with Gasteiger partial charge in [-0.25, -0.2) is 0 Å². The second-order valence-corrected chi connectivity index (χ2v) is 4.21. The molecule has 0 bridgehead atoms. The Labute approximate surface area is 102 Å². The second kappa shape index (κ2) is 5.99. The predicted molar refractivity (Wildman–Crippen MR) is 70.0 cm³/mol. The van der Waals surface area contributed by atoms with Crippen LogP contribution in [0.4, 0.5) is 5.69 Å². The van der Waals surface area contributed by atoms with Crippen molar-refractivity contribution in [2.45, 2.75) is 27.2 Å². The Morgan fingerprint density at radius 1 is 1.24 bits per heavy atom. The Morgan fingerprint density at radius 2 is 1.82 bits per heavy atom. The van der Waals surface area contributed by atoms with Gasteiger partial charge in [-0.2, -0.15) is 0 Å². The van der Waals surface area contributed by atoms with Gasteiger partial charge in [0.1, 0.15) is 0 Å². The van der Waals surface area contributed by atoms with Crippen LogP contribution in [0.3, 0.4) is 0 Å². The van der Waals surface area contributed by atoms with E-state index in [1.807, 2.05) is 0 Å². The van der Waals surface area contributed by atoms with Gasteiger partial charge in [0.05, 0.1) is 4.92 Å². The monoisotopic (exact) mass is 231 g/mol. The molecule has 0 aliphatic carbocycles. The Kier molecular flexibility index (Phi) is 4.64. The number of allylic oxidation sites excluding steroid dienone is 4. The number of benzene rings is 1. The topological polar surface area (TPSA) is 43.1 Å². The van der Waals surface area contributed by atoms with E-state index in [4.69, 9.17) is 0 Å². The largest absolute Gasteiger partial charge is 0.269 e. The molecule has 0 aliphatic heterocycles. The third kappa shape index (κ3) is 4.23. The molecule has 0 aliphatic rings. The molecule has 90 valence electrons. The van der Waals surface area contributed by atoms with Crippen LogP contribution in [0.15, 0.2) is 47.6 Å². The fraction of sp³-hybridized carbons (Fsp3) is 0.286. The van der Waals surface area contributed by atoms with Gasteiger partial charge in [0.25, 0.3) is 5.69 Å². The summed E-state index contributed by atoms with van der Waals surface area (Å²) in [5.41, 5.74) is 3.77. The lowest BCUT2D eigenvalue weighted by atomic mass is 10.1. The molecule has 0 saturated carbocycles. The average Bonchev–Trinajstić information content (AvgIpc) is 2.29. The number of hydrogen-bond donors (Lipinski definition) is 0. The van der Waals surface area contributed by atoms with Crippen LogP contribution in [0, 0.1) is 10.1 Å². The number of nitrogens with zero attached hydrogens (tertiary/aromatic N) is 1. The van der Waals surface area contributed by atoms with Crippen molar-refractivity contribution < 1.29 is 4.92 Å². The zero-order chi connectivity index (χ0) is 12.8. The van der Waals surface area contributed by atoms with Gasteiger partial charge in [-0.05, 0) is 32.8 Å². The van der Waals surface area contributed by atoms with Crippen molar-refractivity contribution in [2.75, 3.05) is 0 Å². The highest BCUT2D eigenvalue weighted by Crippen LogP contribution is 2.13. The van der Waals surface area contributed by atoms with Gasteiger partial charge >= 0.3 is 0 Å². The third-order valence-corrected chi connectivity index (χ3v) is 2.66. The first-order valence-corrected chi connectivity index (χ1v) is 5.54. The normalized spacial score (nSPS) is 10.5. The molecule has 3 nitrogen and oxygen atoms in total. The molecule has 17 heavy (non-hydrogen) atoms. The Morgan fingerprint density at radius 3 is 2.29 bits per heavy atom. The molecule has 0 unspecified atom stereocenters. The van der Waals surface area contributed by atoms with Crippen molar-refractivity contribution in [3.8, 4) is 0 Å². The highest BCUT2D eigenvalue weighted by atomic mass is 16.6. The molecule has 0 radical (unpaired) electrons. The van der Waals surface area contributed by atoms with Gasteiger partial charge in [0.15, 0.2) is 0 Å². The van der Waals surface area contributed by atoms with Crippen molar-refractivity contribution in [1.29, 1.82) is 0 Å². The van der Waals surface area contributed by atoms with E-state index < -0.39 is 0 Å². The zero-order valence-corrected chi connectivity index (χ0v) is 10.4. The van der Waals surface area contributed by atoms with E-state index in [0.717, 1.165) is 12.0 Å². The lowest BCUT2D eigenvalue weighted by Crippen LogP contribution is -1.88. The van der Waals surface area contributed by atoms with E-state index in [9.17, 15) is 10.1 Å². The number of non-ortho nitro benzene ring substituents is 1. The molecule has 0 saturated heterocycles. The maximum atomic E-state index is 10.5. The van der Waals surface area contributed by atoms with Crippen molar-refractivity contribution in [1.82, 2.24) is 0 Å². The summed E-state index contributed by atoms with van der Waals surface area (Å²) in [7, 11) is 0. The van der Waals surface area contributed by atoms with Crippen LogP contribution in [-0.4, -0.2) is 4.92 Å².